The molecule has 0 radical (unpaired) electrons. The minimum atomic E-state index is -4.39. The third kappa shape index (κ3) is 58.8. The summed E-state index contributed by atoms with van der Waals surface area (Å²) in [5.41, 5.74) is 5.39. The Bertz CT molecular complexity index is 1380. The van der Waals surface area contributed by atoms with E-state index >= 15 is 0 Å². The lowest BCUT2D eigenvalue weighted by Crippen LogP contribution is -2.29. The Hall–Kier alpha value is -2.29. The van der Waals surface area contributed by atoms with Crippen LogP contribution in [-0.4, -0.2) is 49.3 Å². The summed E-state index contributed by atoms with van der Waals surface area (Å²) in [4.78, 5) is 35.2. The molecule has 0 saturated heterocycles. The third-order valence-corrected chi connectivity index (χ3v) is 14.4. The number of phosphoric acid groups is 1. The van der Waals surface area contributed by atoms with Gasteiger partial charge in [-0.05, 0) is 83.5 Å². The Morgan fingerprint density at radius 2 is 0.712 bits per heavy atom. The average molecular weight is 1050 g/mol. The highest BCUT2D eigenvalue weighted by Gasteiger charge is 2.26. The lowest BCUT2D eigenvalue weighted by molar-refractivity contribution is -0.161. The number of allylic oxidation sites excluding steroid dienone is 10. The van der Waals surface area contributed by atoms with Gasteiger partial charge < -0.3 is 20.1 Å². The minimum Gasteiger partial charge on any atom is -0.462 e. The first-order valence-corrected chi connectivity index (χ1v) is 32.3. The highest BCUT2D eigenvalue weighted by atomic mass is 31.2. The molecule has 0 aliphatic carbocycles. The first-order valence-electron chi connectivity index (χ1n) is 30.8. The van der Waals surface area contributed by atoms with Crippen molar-refractivity contribution in [3.63, 3.8) is 0 Å². The molecule has 0 aromatic carbocycles. The van der Waals surface area contributed by atoms with E-state index in [2.05, 4.69) is 74.6 Å². The molecule has 0 aliphatic rings. The number of ether oxygens (including phenoxy) is 2. The van der Waals surface area contributed by atoms with Gasteiger partial charge in [0.1, 0.15) is 6.61 Å². The Morgan fingerprint density at radius 3 is 1.05 bits per heavy atom. The van der Waals surface area contributed by atoms with E-state index in [0.29, 0.717) is 6.42 Å². The number of nitrogens with two attached hydrogens (primary N) is 1. The maximum absolute atomic E-state index is 12.7. The fraction of sp³-hybridized carbons (Fsp3) is 0.810. The van der Waals surface area contributed by atoms with Crippen LogP contribution in [0.1, 0.15) is 296 Å². The molecule has 0 aromatic rings. The largest absolute Gasteiger partial charge is 0.472 e. The van der Waals surface area contributed by atoms with Gasteiger partial charge >= 0.3 is 19.8 Å². The molecule has 0 bridgehead atoms. The van der Waals surface area contributed by atoms with Gasteiger partial charge in [0.2, 0.25) is 0 Å². The molecule has 2 atom stereocenters. The predicted molar refractivity (Wildman–Crippen MR) is 312 cm³/mol. The summed E-state index contributed by atoms with van der Waals surface area (Å²) in [6.07, 6.45) is 74.2. The number of hydrogen-bond acceptors (Lipinski definition) is 8. The topological polar surface area (TPSA) is 134 Å². The van der Waals surface area contributed by atoms with Crippen LogP contribution in [0.4, 0.5) is 0 Å². The Kier molecular flexibility index (Phi) is 57.1. The zero-order valence-electron chi connectivity index (χ0n) is 47.6. The molecule has 2 unspecified atom stereocenters. The van der Waals surface area contributed by atoms with Gasteiger partial charge in [0.25, 0.3) is 0 Å². The van der Waals surface area contributed by atoms with Crippen molar-refractivity contribution in [3.8, 4) is 0 Å². The Balaban J connectivity index is 3.92. The quantitative estimate of drug-likeness (QED) is 0.0264. The van der Waals surface area contributed by atoms with Gasteiger partial charge in [-0.1, -0.05) is 261 Å². The smallest absolute Gasteiger partial charge is 0.462 e. The minimum absolute atomic E-state index is 0.0521. The number of unbranched alkanes of at least 4 members (excludes halogenated alkanes) is 35. The SMILES string of the molecule is CCCCCCC/C=C\C/C=C\C/C=C\CCCCCCCCCCCCCCCCCCC(=O)OC(COC(=O)CCCCCCCCCCC/C=C\C/C=C\CCCCCCC)COP(=O)(O)OCCN. The number of esters is 2. The van der Waals surface area contributed by atoms with Crippen molar-refractivity contribution in [2.75, 3.05) is 26.4 Å². The fourth-order valence-electron chi connectivity index (χ4n) is 8.79. The number of hydrogen-bond donors (Lipinski definition) is 2. The monoisotopic (exact) mass is 1050 g/mol. The molecule has 426 valence electrons. The molecule has 0 saturated carbocycles. The van der Waals surface area contributed by atoms with Crippen LogP contribution in [0.15, 0.2) is 60.8 Å². The molecule has 3 N–H and O–H groups in total. The Morgan fingerprint density at radius 1 is 0.411 bits per heavy atom. The van der Waals surface area contributed by atoms with Gasteiger partial charge in [-0.3, -0.25) is 18.6 Å². The summed E-state index contributed by atoms with van der Waals surface area (Å²) in [6, 6.07) is 0. The van der Waals surface area contributed by atoms with E-state index in [1.165, 1.54) is 205 Å². The summed E-state index contributed by atoms with van der Waals surface area (Å²) in [6.45, 7) is 3.75. The van der Waals surface area contributed by atoms with Crippen LogP contribution in [0.25, 0.3) is 0 Å². The van der Waals surface area contributed by atoms with Crippen molar-refractivity contribution in [2.24, 2.45) is 5.73 Å². The standard InChI is InChI=1S/C63H116NO8P/c1-3-5-7-9-11-13-15-17-19-21-23-25-26-27-28-29-30-31-32-33-34-36-38-40-42-44-46-48-50-52-54-56-63(66)72-61(60-71-73(67,68)70-58-57-64)59-69-62(65)55-53-51-49-47-45-43-41-39-37-35-24-22-20-18-16-14-12-10-8-6-4-2/h15-18,21-24,26-27,61H,3-14,19-20,25,28-60,64H2,1-2H3,(H,67,68)/b17-15-,18-16-,23-21-,24-22-,27-26-. The van der Waals surface area contributed by atoms with Crippen molar-refractivity contribution in [3.05, 3.63) is 60.8 Å². The molecular formula is C63H116NO8P. The van der Waals surface area contributed by atoms with E-state index in [1.54, 1.807) is 0 Å². The van der Waals surface area contributed by atoms with Gasteiger partial charge in [-0.2, -0.15) is 0 Å². The van der Waals surface area contributed by atoms with Gasteiger partial charge in [0, 0.05) is 19.4 Å². The Labute approximate surface area is 450 Å². The first-order chi connectivity index (χ1) is 35.8. The zero-order chi connectivity index (χ0) is 53.1. The number of carbonyl (C=O) groups is 2. The second-order valence-corrected chi connectivity index (χ2v) is 22.0. The summed E-state index contributed by atoms with van der Waals surface area (Å²) >= 11 is 0. The second-order valence-electron chi connectivity index (χ2n) is 20.6. The van der Waals surface area contributed by atoms with Crippen LogP contribution in [0.3, 0.4) is 0 Å². The first kappa shape index (κ1) is 70.7. The molecule has 0 aromatic heterocycles. The predicted octanol–water partition coefficient (Wildman–Crippen LogP) is 19.5. The van der Waals surface area contributed by atoms with Gasteiger partial charge in [-0.25, -0.2) is 4.57 Å². The molecule has 0 rings (SSSR count). The molecular weight excluding hydrogens is 930 g/mol. The summed E-state index contributed by atoms with van der Waals surface area (Å²) in [5.74, 6) is -0.823. The molecule has 9 nitrogen and oxygen atoms in total. The molecule has 0 fully saturated rings. The highest BCUT2D eigenvalue weighted by Crippen LogP contribution is 2.43. The maximum Gasteiger partial charge on any atom is 0.472 e. The van der Waals surface area contributed by atoms with Crippen molar-refractivity contribution in [1.29, 1.82) is 0 Å². The number of phosphoric ester groups is 1. The normalized spacial score (nSPS) is 13.4. The van der Waals surface area contributed by atoms with Crippen LogP contribution >= 0.6 is 7.82 Å². The van der Waals surface area contributed by atoms with Crippen molar-refractivity contribution in [2.45, 2.75) is 302 Å². The number of rotatable bonds is 58. The van der Waals surface area contributed by atoms with Crippen LogP contribution in [0.2, 0.25) is 0 Å². The molecule has 0 heterocycles. The summed E-state index contributed by atoms with van der Waals surface area (Å²) in [7, 11) is -4.39. The van der Waals surface area contributed by atoms with E-state index in [1.807, 2.05) is 0 Å². The van der Waals surface area contributed by atoms with E-state index in [-0.39, 0.29) is 38.6 Å². The van der Waals surface area contributed by atoms with Gasteiger partial charge in [0.15, 0.2) is 6.10 Å². The summed E-state index contributed by atoms with van der Waals surface area (Å²) in [5, 5.41) is 0. The molecule has 0 aliphatic heterocycles. The van der Waals surface area contributed by atoms with Crippen LogP contribution < -0.4 is 5.73 Å². The van der Waals surface area contributed by atoms with E-state index in [0.717, 1.165) is 57.8 Å². The van der Waals surface area contributed by atoms with Crippen LogP contribution in [0.5, 0.6) is 0 Å². The highest BCUT2D eigenvalue weighted by molar-refractivity contribution is 7.47. The van der Waals surface area contributed by atoms with Crippen molar-refractivity contribution >= 4 is 19.8 Å². The lowest BCUT2D eigenvalue weighted by Gasteiger charge is -2.19. The van der Waals surface area contributed by atoms with E-state index < -0.39 is 26.5 Å². The number of carbonyl (C=O) groups excluding carboxylic acids is 2. The molecule has 0 spiro atoms. The third-order valence-electron chi connectivity index (χ3n) is 13.4. The van der Waals surface area contributed by atoms with E-state index in [9.17, 15) is 19.0 Å². The second kappa shape index (κ2) is 59.0. The van der Waals surface area contributed by atoms with Crippen molar-refractivity contribution < 1.29 is 37.6 Å². The van der Waals surface area contributed by atoms with Crippen molar-refractivity contribution in [1.82, 2.24) is 0 Å². The average Bonchev–Trinajstić information content (AvgIpc) is 3.38. The van der Waals surface area contributed by atoms with Gasteiger partial charge in [0.05, 0.1) is 13.2 Å². The fourth-order valence-corrected chi connectivity index (χ4v) is 9.56. The molecule has 0 amide bonds. The molecule has 73 heavy (non-hydrogen) atoms. The lowest BCUT2D eigenvalue weighted by atomic mass is 10.0. The van der Waals surface area contributed by atoms with Crippen LogP contribution in [0, 0.1) is 0 Å². The summed E-state index contributed by atoms with van der Waals surface area (Å²) < 4.78 is 33.1. The molecule has 10 heteroatoms. The maximum atomic E-state index is 12.7. The van der Waals surface area contributed by atoms with E-state index in [4.69, 9.17) is 24.3 Å². The zero-order valence-corrected chi connectivity index (χ0v) is 48.5. The van der Waals surface area contributed by atoms with Gasteiger partial charge in [-0.15, -0.1) is 0 Å². The van der Waals surface area contributed by atoms with Crippen LogP contribution in [-0.2, 0) is 32.7 Å².